The van der Waals surface area contributed by atoms with Crippen molar-refractivity contribution in [1.82, 2.24) is 5.32 Å². The zero-order valence-corrected chi connectivity index (χ0v) is 10.9. The second-order valence-electron chi connectivity index (χ2n) is 4.98. The fourth-order valence-electron chi connectivity index (χ4n) is 2.46. The van der Waals surface area contributed by atoms with E-state index in [1.165, 1.54) is 30.4 Å². The van der Waals surface area contributed by atoms with Crippen molar-refractivity contribution in [2.75, 3.05) is 6.61 Å². The lowest BCUT2D eigenvalue weighted by molar-refractivity contribution is 0.0786. The Bertz CT molecular complexity index is 351. The number of benzene rings is 1. The van der Waals surface area contributed by atoms with Crippen molar-refractivity contribution in [3.8, 4) is 0 Å². The minimum Gasteiger partial charge on any atom is -0.375 e. The third-order valence-electron chi connectivity index (χ3n) is 3.45. The molecule has 94 valence electrons. The van der Waals surface area contributed by atoms with Crippen molar-refractivity contribution in [3.05, 3.63) is 35.4 Å². The topological polar surface area (TPSA) is 21.3 Å². The number of ether oxygens (including phenoxy) is 1. The molecular formula is C15H23NO. The van der Waals surface area contributed by atoms with E-state index < -0.39 is 0 Å². The Hall–Kier alpha value is -0.860. The Morgan fingerprint density at radius 3 is 3.06 bits per heavy atom. The summed E-state index contributed by atoms with van der Waals surface area (Å²) in [7, 11) is 0. The molecule has 0 aromatic heterocycles. The molecule has 2 unspecified atom stereocenters. The Balaban J connectivity index is 1.98. The second-order valence-corrected chi connectivity index (χ2v) is 4.98. The van der Waals surface area contributed by atoms with Gasteiger partial charge in [0.25, 0.3) is 0 Å². The highest BCUT2D eigenvalue weighted by atomic mass is 16.5. The summed E-state index contributed by atoms with van der Waals surface area (Å²) in [4.78, 5) is 0. The number of hydrogen-bond acceptors (Lipinski definition) is 2. The van der Waals surface area contributed by atoms with Crippen molar-refractivity contribution < 1.29 is 4.74 Å². The number of fused-ring (bicyclic) bond motifs is 1. The summed E-state index contributed by atoms with van der Waals surface area (Å²) < 4.78 is 5.65. The summed E-state index contributed by atoms with van der Waals surface area (Å²) in [5.41, 5.74) is 2.75. The molecule has 1 aromatic carbocycles. The largest absolute Gasteiger partial charge is 0.375 e. The van der Waals surface area contributed by atoms with Crippen LogP contribution in [0.15, 0.2) is 24.3 Å². The van der Waals surface area contributed by atoms with Crippen LogP contribution in [0.4, 0.5) is 0 Å². The van der Waals surface area contributed by atoms with Gasteiger partial charge in [0, 0.05) is 6.04 Å². The average molecular weight is 233 g/mol. The fraction of sp³-hybridized carbons (Fsp3) is 0.600. The van der Waals surface area contributed by atoms with E-state index in [2.05, 4.69) is 43.4 Å². The lowest BCUT2D eigenvalue weighted by atomic mass is 9.98. The van der Waals surface area contributed by atoms with E-state index in [0.717, 1.165) is 13.2 Å². The van der Waals surface area contributed by atoms with Crippen molar-refractivity contribution in [1.29, 1.82) is 0 Å². The van der Waals surface area contributed by atoms with Gasteiger partial charge in [-0.1, -0.05) is 44.0 Å². The van der Waals surface area contributed by atoms with Gasteiger partial charge >= 0.3 is 0 Å². The Morgan fingerprint density at radius 2 is 2.24 bits per heavy atom. The monoisotopic (exact) mass is 233 g/mol. The Kier molecular flexibility index (Phi) is 4.57. The van der Waals surface area contributed by atoms with Crippen molar-refractivity contribution >= 4 is 0 Å². The van der Waals surface area contributed by atoms with Crippen LogP contribution in [0.1, 0.15) is 50.3 Å². The van der Waals surface area contributed by atoms with E-state index in [-0.39, 0.29) is 0 Å². The first-order valence-corrected chi connectivity index (χ1v) is 6.73. The zero-order valence-electron chi connectivity index (χ0n) is 10.9. The average Bonchev–Trinajstić information content (AvgIpc) is 2.37. The molecular weight excluding hydrogens is 210 g/mol. The van der Waals surface area contributed by atoms with Gasteiger partial charge in [0.2, 0.25) is 0 Å². The third-order valence-corrected chi connectivity index (χ3v) is 3.45. The first-order valence-electron chi connectivity index (χ1n) is 6.73. The van der Waals surface area contributed by atoms with Gasteiger partial charge in [-0.05, 0) is 24.5 Å². The van der Waals surface area contributed by atoms with Crippen LogP contribution in [0.5, 0.6) is 0 Å². The van der Waals surface area contributed by atoms with Crippen LogP contribution in [0.2, 0.25) is 0 Å². The quantitative estimate of drug-likeness (QED) is 0.841. The van der Waals surface area contributed by atoms with Gasteiger partial charge < -0.3 is 10.1 Å². The molecule has 0 saturated heterocycles. The minimum absolute atomic E-state index is 0.367. The predicted molar refractivity (Wildman–Crippen MR) is 71.0 cm³/mol. The number of rotatable bonds is 5. The van der Waals surface area contributed by atoms with E-state index in [4.69, 9.17) is 4.74 Å². The molecule has 2 nitrogen and oxygen atoms in total. The fourth-order valence-corrected chi connectivity index (χ4v) is 2.46. The van der Waals surface area contributed by atoms with E-state index in [1.807, 2.05) is 0 Å². The normalized spacial score (nSPS) is 20.9. The Labute approximate surface area is 104 Å². The predicted octanol–water partition coefficient (Wildman–Crippen LogP) is 3.43. The van der Waals surface area contributed by atoms with Gasteiger partial charge in [-0.3, -0.25) is 0 Å². The first-order chi connectivity index (χ1) is 8.31. The van der Waals surface area contributed by atoms with Gasteiger partial charge in [0.15, 0.2) is 0 Å². The molecule has 0 spiro atoms. The summed E-state index contributed by atoms with van der Waals surface area (Å²) in [5, 5.41) is 3.68. The smallest absolute Gasteiger partial charge is 0.0721 e. The molecule has 17 heavy (non-hydrogen) atoms. The van der Waals surface area contributed by atoms with Crippen molar-refractivity contribution in [3.63, 3.8) is 0 Å². The molecule has 0 aliphatic carbocycles. The van der Waals surface area contributed by atoms with Gasteiger partial charge in [-0.15, -0.1) is 0 Å². The number of hydrogen-bond donors (Lipinski definition) is 1. The lowest BCUT2D eigenvalue weighted by Crippen LogP contribution is -2.35. The molecule has 2 atom stereocenters. The highest BCUT2D eigenvalue weighted by molar-refractivity contribution is 5.31. The van der Waals surface area contributed by atoms with Crippen LogP contribution in [0.3, 0.4) is 0 Å². The Morgan fingerprint density at radius 1 is 1.41 bits per heavy atom. The minimum atomic E-state index is 0.367. The van der Waals surface area contributed by atoms with E-state index in [9.17, 15) is 0 Å². The number of nitrogens with one attached hydrogen (secondary N) is 1. The summed E-state index contributed by atoms with van der Waals surface area (Å²) >= 11 is 0. The summed E-state index contributed by atoms with van der Waals surface area (Å²) in [6.45, 7) is 6.07. The molecule has 1 aliphatic rings. The maximum atomic E-state index is 5.65. The third kappa shape index (κ3) is 3.30. The van der Waals surface area contributed by atoms with Crippen LogP contribution < -0.4 is 5.32 Å². The molecule has 0 fully saturated rings. The molecule has 1 heterocycles. The maximum Gasteiger partial charge on any atom is 0.0721 e. The van der Waals surface area contributed by atoms with Gasteiger partial charge in [0.05, 0.1) is 19.3 Å². The molecule has 2 heteroatoms. The summed E-state index contributed by atoms with van der Waals surface area (Å²) in [6, 6.07) is 9.53. The van der Waals surface area contributed by atoms with Crippen LogP contribution in [0.25, 0.3) is 0 Å². The molecule has 0 bridgehead atoms. The highest BCUT2D eigenvalue weighted by Gasteiger charge is 2.21. The standard InChI is InChI=1S/C15H23NO/c1-3-4-7-12(2)16-15-11-17-10-13-8-5-6-9-14(13)15/h5-6,8-9,12,15-16H,3-4,7,10-11H2,1-2H3. The van der Waals surface area contributed by atoms with Crippen LogP contribution in [-0.2, 0) is 11.3 Å². The molecule has 0 radical (unpaired) electrons. The van der Waals surface area contributed by atoms with Crippen molar-refractivity contribution in [2.24, 2.45) is 0 Å². The van der Waals surface area contributed by atoms with Crippen LogP contribution in [-0.4, -0.2) is 12.6 Å². The molecule has 1 aromatic rings. The van der Waals surface area contributed by atoms with Gasteiger partial charge in [-0.2, -0.15) is 0 Å². The first kappa shape index (κ1) is 12.6. The second kappa shape index (κ2) is 6.18. The summed E-state index contributed by atoms with van der Waals surface area (Å²) in [5.74, 6) is 0. The van der Waals surface area contributed by atoms with E-state index in [0.29, 0.717) is 12.1 Å². The van der Waals surface area contributed by atoms with E-state index >= 15 is 0 Å². The van der Waals surface area contributed by atoms with Gasteiger partial charge in [-0.25, -0.2) is 0 Å². The molecule has 1 aliphatic heterocycles. The van der Waals surface area contributed by atoms with Crippen molar-refractivity contribution in [2.45, 2.75) is 51.8 Å². The van der Waals surface area contributed by atoms with E-state index in [1.54, 1.807) is 0 Å². The lowest BCUT2D eigenvalue weighted by Gasteiger charge is -2.29. The van der Waals surface area contributed by atoms with Crippen LogP contribution in [0, 0.1) is 0 Å². The van der Waals surface area contributed by atoms with Gasteiger partial charge in [0.1, 0.15) is 0 Å². The van der Waals surface area contributed by atoms with Crippen LogP contribution >= 0.6 is 0 Å². The zero-order chi connectivity index (χ0) is 12.1. The molecule has 2 rings (SSSR count). The number of unbranched alkanes of at least 4 members (excludes halogenated alkanes) is 1. The molecule has 1 N–H and O–H groups in total. The molecule has 0 amide bonds. The molecule has 0 saturated carbocycles. The summed E-state index contributed by atoms with van der Waals surface area (Å²) in [6.07, 6.45) is 3.81. The SMILES string of the molecule is CCCCC(C)NC1COCc2ccccc21. The highest BCUT2D eigenvalue weighted by Crippen LogP contribution is 2.25. The maximum absolute atomic E-state index is 5.65.